The van der Waals surface area contributed by atoms with Gasteiger partial charge in [-0.3, -0.25) is 4.98 Å². The highest BCUT2D eigenvalue weighted by atomic mass is 16.6. The van der Waals surface area contributed by atoms with Crippen LogP contribution in [0.4, 0.5) is 4.79 Å². The van der Waals surface area contributed by atoms with Crippen LogP contribution in [0, 0.1) is 5.92 Å². The molecule has 0 atom stereocenters. The number of rotatable bonds is 6. The number of carbonyl (C=O) groups is 1. The molecule has 0 aromatic carbocycles. The van der Waals surface area contributed by atoms with Crippen molar-refractivity contribution in [1.82, 2.24) is 9.88 Å². The number of likely N-dealkylation sites (tertiary alicyclic amines) is 1. The third kappa shape index (κ3) is 6.87. The zero-order chi connectivity index (χ0) is 17.4. The number of nitrogens with zero attached hydrogens (tertiary/aromatic N) is 2. The normalized spacial score (nSPS) is 16.2. The predicted molar refractivity (Wildman–Crippen MR) is 93.7 cm³/mol. The molecule has 1 aliphatic heterocycles. The van der Waals surface area contributed by atoms with E-state index in [1.165, 1.54) is 0 Å². The van der Waals surface area contributed by atoms with E-state index < -0.39 is 5.60 Å². The maximum Gasteiger partial charge on any atom is 0.410 e. The Labute approximate surface area is 145 Å². The molecule has 5 heteroatoms. The molecule has 0 saturated carbocycles. The van der Waals surface area contributed by atoms with E-state index in [9.17, 15) is 4.79 Å². The first kappa shape index (κ1) is 18.7. The highest BCUT2D eigenvalue weighted by Gasteiger charge is 2.26. The molecule has 2 rings (SSSR count). The Hall–Kier alpha value is -1.62. The van der Waals surface area contributed by atoms with Crippen molar-refractivity contribution in [3.05, 3.63) is 30.1 Å². The molecular formula is C19H30N2O3. The van der Waals surface area contributed by atoms with Crippen molar-refractivity contribution >= 4 is 6.09 Å². The zero-order valence-corrected chi connectivity index (χ0v) is 15.2. The van der Waals surface area contributed by atoms with Gasteiger partial charge in [-0.15, -0.1) is 0 Å². The van der Waals surface area contributed by atoms with Gasteiger partial charge in [0.05, 0.1) is 6.61 Å². The summed E-state index contributed by atoms with van der Waals surface area (Å²) in [4.78, 5) is 17.9. The summed E-state index contributed by atoms with van der Waals surface area (Å²) in [5.74, 6) is 0.686. The van der Waals surface area contributed by atoms with E-state index >= 15 is 0 Å². The van der Waals surface area contributed by atoms with Crippen LogP contribution in [0.5, 0.6) is 0 Å². The van der Waals surface area contributed by atoms with Crippen LogP contribution in [0.2, 0.25) is 0 Å². The van der Waals surface area contributed by atoms with Crippen LogP contribution in [0.15, 0.2) is 24.5 Å². The van der Waals surface area contributed by atoms with Crippen molar-refractivity contribution < 1.29 is 14.3 Å². The van der Waals surface area contributed by atoms with E-state index in [2.05, 4.69) is 4.98 Å². The second-order valence-electron chi connectivity index (χ2n) is 7.47. The average molecular weight is 334 g/mol. The molecule has 1 fully saturated rings. The first-order chi connectivity index (χ1) is 11.4. The van der Waals surface area contributed by atoms with E-state index in [4.69, 9.17) is 9.47 Å². The molecule has 24 heavy (non-hydrogen) atoms. The van der Waals surface area contributed by atoms with Crippen molar-refractivity contribution in [1.29, 1.82) is 0 Å². The summed E-state index contributed by atoms with van der Waals surface area (Å²) in [6.45, 7) is 8.73. The number of piperidine rings is 1. The molecule has 1 aliphatic rings. The smallest absolute Gasteiger partial charge is 0.410 e. The van der Waals surface area contributed by atoms with E-state index in [-0.39, 0.29) is 6.09 Å². The summed E-state index contributed by atoms with van der Waals surface area (Å²) >= 11 is 0. The summed E-state index contributed by atoms with van der Waals surface area (Å²) in [5, 5.41) is 0. The van der Waals surface area contributed by atoms with Gasteiger partial charge in [0, 0.05) is 32.1 Å². The Morgan fingerprint density at radius 1 is 1.33 bits per heavy atom. The molecule has 1 saturated heterocycles. The molecule has 0 bridgehead atoms. The third-order valence-corrected chi connectivity index (χ3v) is 4.16. The zero-order valence-electron chi connectivity index (χ0n) is 15.2. The van der Waals surface area contributed by atoms with E-state index in [1.807, 2.05) is 44.0 Å². The average Bonchev–Trinajstić information content (AvgIpc) is 2.54. The molecule has 5 nitrogen and oxygen atoms in total. The molecule has 0 radical (unpaired) electrons. The van der Waals surface area contributed by atoms with Crippen molar-refractivity contribution in [2.24, 2.45) is 5.92 Å². The van der Waals surface area contributed by atoms with Crippen LogP contribution >= 0.6 is 0 Å². The molecule has 1 aromatic heterocycles. The van der Waals surface area contributed by atoms with E-state index in [0.29, 0.717) is 12.5 Å². The minimum Gasteiger partial charge on any atom is -0.444 e. The standard InChI is InChI=1S/C19H30N2O3/c1-19(2,3)24-18(22)21-11-8-16(9-12-21)7-5-13-23-15-17-6-4-10-20-14-17/h4,6,10,14,16H,5,7-9,11-13,15H2,1-3H3. The van der Waals surface area contributed by atoms with Crippen molar-refractivity contribution in [2.75, 3.05) is 19.7 Å². The maximum absolute atomic E-state index is 12.0. The first-order valence-corrected chi connectivity index (χ1v) is 8.88. The minimum absolute atomic E-state index is 0.180. The van der Waals surface area contributed by atoms with Gasteiger partial charge in [0.1, 0.15) is 5.60 Å². The molecule has 0 aliphatic carbocycles. The van der Waals surface area contributed by atoms with Gasteiger partial charge in [-0.2, -0.15) is 0 Å². The Morgan fingerprint density at radius 2 is 2.08 bits per heavy atom. The number of carbonyl (C=O) groups excluding carboxylic acids is 1. The quantitative estimate of drug-likeness (QED) is 0.737. The molecule has 1 aromatic rings. The molecular weight excluding hydrogens is 304 g/mol. The third-order valence-electron chi connectivity index (χ3n) is 4.16. The van der Waals surface area contributed by atoms with Gasteiger partial charge >= 0.3 is 6.09 Å². The Kier molecular flexibility index (Phi) is 7.03. The lowest BCUT2D eigenvalue weighted by Gasteiger charge is -2.33. The monoisotopic (exact) mass is 334 g/mol. The summed E-state index contributed by atoms with van der Waals surface area (Å²) in [6.07, 6.45) is 7.77. The van der Waals surface area contributed by atoms with Crippen molar-refractivity contribution in [3.63, 3.8) is 0 Å². The number of ether oxygens (including phenoxy) is 2. The van der Waals surface area contributed by atoms with Crippen LogP contribution in [-0.2, 0) is 16.1 Å². The number of hydrogen-bond donors (Lipinski definition) is 0. The lowest BCUT2D eigenvalue weighted by molar-refractivity contribution is 0.0176. The van der Waals surface area contributed by atoms with Crippen LogP contribution in [-0.4, -0.2) is 41.3 Å². The van der Waals surface area contributed by atoms with Gasteiger partial charge in [-0.05, 0) is 64.0 Å². The van der Waals surface area contributed by atoms with Gasteiger partial charge in [0.25, 0.3) is 0 Å². The largest absolute Gasteiger partial charge is 0.444 e. The topological polar surface area (TPSA) is 51.7 Å². The van der Waals surface area contributed by atoms with Gasteiger partial charge in [0.2, 0.25) is 0 Å². The Balaban J connectivity index is 1.56. The molecule has 134 valence electrons. The highest BCUT2D eigenvalue weighted by Crippen LogP contribution is 2.23. The van der Waals surface area contributed by atoms with E-state index in [0.717, 1.165) is 50.9 Å². The fourth-order valence-electron chi connectivity index (χ4n) is 2.88. The summed E-state index contributed by atoms with van der Waals surface area (Å²) in [6, 6.07) is 3.95. The predicted octanol–water partition coefficient (Wildman–Crippen LogP) is 4.03. The van der Waals surface area contributed by atoms with Crippen molar-refractivity contribution in [2.45, 2.75) is 58.7 Å². The molecule has 0 unspecified atom stereocenters. The molecule has 0 spiro atoms. The summed E-state index contributed by atoms with van der Waals surface area (Å²) in [5.41, 5.74) is 0.697. The lowest BCUT2D eigenvalue weighted by Crippen LogP contribution is -2.41. The maximum atomic E-state index is 12.0. The van der Waals surface area contributed by atoms with Gasteiger partial charge in [-0.1, -0.05) is 6.07 Å². The van der Waals surface area contributed by atoms with E-state index in [1.54, 1.807) is 6.20 Å². The Bertz CT molecular complexity index is 491. The summed E-state index contributed by atoms with van der Waals surface area (Å²) < 4.78 is 11.1. The number of amides is 1. The van der Waals surface area contributed by atoms with Crippen LogP contribution < -0.4 is 0 Å². The molecule has 2 heterocycles. The van der Waals surface area contributed by atoms with Crippen molar-refractivity contribution in [3.8, 4) is 0 Å². The molecule has 1 amide bonds. The SMILES string of the molecule is CC(C)(C)OC(=O)N1CCC(CCCOCc2cccnc2)CC1. The Morgan fingerprint density at radius 3 is 2.71 bits per heavy atom. The van der Waals surface area contributed by atoms with Gasteiger partial charge in [-0.25, -0.2) is 4.79 Å². The minimum atomic E-state index is -0.417. The second kappa shape index (κ2) is 9.02. The second-order valence-corrected chi connectivity index (χ2v) is 7.47. The number of pyridine rings is 1. The fourth-order valence-corrected chi connectivity index (χ4v) is 2.88. The van der Waals surface area contributed by atoms with Crippen LogP contribution in [0.3, 0.4) is 0 Å². The summed E-state index contributed by atoms with van der Waals surface area (Å²) in [7, 11) is 0. The highest BCUT2D eigenvalue weighted by molar-refractivity contribution is 5.68. The van der Waals surface area contributed by atoms with Gasteiger partial charge < -0.3 is 14.4 Å². The lowest BCUT2D eigenvalue weighted by atomic mass is 9.92. The molecule has 0 N–H and O–H groups in total. The number of hydrogen-bond acceptors (Lipinski definition) is 4. The van der Waals surface area contributed by atoms with Crippen LogP contribution in [0.1, 0.15) is 52.0 Å². The fraction of sp³-hybridized carbons (Fsp3) is 0.684. The van der Waals surface area contributed by atoms with Crippen LogP contribution in [0.25, 0.3) is 0 Å². The number of aromatic nitrogens is 1. The van der Waals surface area contributed by atoms with Gasteiger partial charge in [0.15, 0.2) is 0 Å². The first-order valence-electron chi connectivity index (χ1n) is 8.88.